The van der Waals surface area contributed by atoms with Crippen LogP contribution in [0.1, 0.15) is 11.1 Å². The van der Waals surface area contributed by atoms with E-state index in [-0.39, 0.29) is 6.61 Å². The normalized spacial score (nSPS) is 10.4. The van der Waals surface area contributed by atoms with Gasteiger partial charge in [-0.2, -0.15) is 0 Å². The summed E-state index contributed by atoms with van der Waals surface area (Å²) >= 11 is 3.45. The van der Waals surface area contributed by atoms with Gasteiger partial charge >= 0.3 is 0 Å². The average Bonchev–Trinajstić information content (AvgIpc) is 2.40. The molecule has 0 amide bonds. The number of benzene rings is 2. The van der Waals surface area contributed by atoms with Crippen molar-refractivity contribution in [2.75, 3.05) is 0 Å². The highest BCUT2D eigenvalue weighted by atomic mass is 79.9. The Labute approximate surface area is 114 Å². The lowest BCUT2D eigenvalue weighted by atomic mass is 10.2. The fourth-order valence-electron chi connectivity index (χ4n) is 1.62. The average molecular weight is 308 g/mol. The molecule has 0 radical (unpaired) electrons. The van der Waals surface area contributed by atoms with Crippen molar-refractivity contribution in [3.63, 3.8) is 0 Å². The third-order valence-corrected chi connectivity index (χ3v) is 3.36. The number of hydrogen-bond donors (Lipinski definition) is 2. The van der Waals surface area contributed by atoms with Crippen LogP contribution in [-0.2, 0) is 13.2 Å². The zero-order chi connectivity index (χ0) is 13.0. The summed E-state index contributed by atoms with van der Waals surface area (Å²) in [5.74, 6) is 1.46. The Morgan fingerprint density at radius 2 is 1.83 bits per heavy atom. The molecule has 2 aromatic rings. The van der Waals surface area contributed by atoms with Crippen LogP contribution in [0.25, 0.3) is 0 Å². The summed E-state index contributed by atoms with van der Waals surface area (Å²) in [6.45, 7) is 0.441. The van der Waals surface area contributed by atoms with Gasteiger partial charge in [0.25, 0.3) is 0 Å². The van der Waals surface area contributed by atoms with Crippen molar-refractivity contribution in [1.29, 1.82) is 0 Å². The maximum absolute atomic E-state index is 8.97. The first kappa shape index (κ1) is 13.1. The van der Waals surface area contributed by atoms with Crippen molar-refractivity contribution in [2.24, 2.45) is 5.73 Å². The predicted octanol–water partition coefficient (Wildman–Crippen LogP) is 3.19. The van der Waals surface area contributed by atoms with Crippen LogP contribution in [0.3, 0.4) is 0 Å². The molecule has 0 aliphatic carbocycles. The lowest BCUT2D eigenvalue weighted by molar-refractivity contribution is 0.281. The molecule has 0 bridgehead atoms. The summed E-state index contributed by atoms with van der Waals surface area (Å²) < 4.78 is 6.73. The lowest BCUT2D eigenvalue weighted by Gasteiger charge is -2.11. The van der Waals surface area contributed by atoms with Gasteiger partial charge in [0, 0.05) is 16.6 Å². The Morgan fingerprint density at radius 3 is 2.44 bits per heavy atom. The first-order valence-electron chi connectivity index (χ1n) is 5.59. The number of halogens is 1. The standard InChI is InChI=1S/C14H14BrNO2/c15-13-2-1-3-14(12(13)8-16)18-11-6-4-10(9-17)5-7-11/h1-7,17H,8-9,16H2. The minimum absolute atomic E-state index is 0.0330. The van der Waals surface area contributed by atoms with Crippen molar-refractivity contribution in [3.8, 4) is 11.5 Å². The van der Waals surface area contributed by atoms with E-state index in [2.05, 4.69) is 15.9 Å². The Morgan fingerprint density at radius 1 is 1.11 bits per heavy atom. The minimum atomic E-state index is 0.0330. The van der Waals surface area contributed by atoms with Crippen LogP contribution >= 0.6 is 15.9 Å². The van der Waals surface area contributed by atoms with Crippen LogP contribution < -0.4 is 10.5 Å². The van der Waals surface area contributed by atoms with Crippen LogP contribution in [0.5, 0.6) is 11.5 Å². The van der Waals surface area contributed by atoms with Gasteiger partial charge in [0.05, 0.1) is 6.61 Å². The molecule has 4 heteroatoms. The number of ether oxygens (including phenoxy) is 1. The molecule has 0 fully saturated rings. The summed E-state index contributed by atoms with van der Waals surface area (Å²) in [5, 5.41) is 8.97. The van der Waals surface area contributed by atoms with E-state index in [1.807, 2.05) is 42.5 Å². The Balaban J connectivity index is 2.25. The van der Waals surface area contributed by atoms with Gasteiger partial charge in [-0.3, -0.25) is 0 Å². The smallest absolute Gasteiger partial charge is 0.133 e. The topological polar surface area (TPSA) is 55.5 Å². The van der Waals surface area contributed by atoms with Crippen LogP contribution in [0, 0.1) is 0 Å². The second-order valence-electron chi connectivity index (χ2n) is 3.82. The van der Waals surface area contributed by atoms with Crippen LogP contribution in [0.2, 0.25) is 0 Å². The molecule has 3 N–H and O–H groups in total. The summed E-state index contributed by atoms with van der Waals surface area (Å²) in [4.78, 5) is 0. The van der Waals surface area contributed by atoms with E-state index in [1.165, 1.54) is 0 Å². The summed E-state index contributed by atoms with van der Waals surface area (Å²) in [6, 6.07) is 13.0. The second kappa shape index (κ2) is 6.00. The molecule has 0 saturated carbocycles. The zero-order valence-electron chi connectivity index (χ0n) is 9.77. The number of nitrogens with two attached hydrogens (primary N) is 1. The third kappa shape index (κ3) is 2.90. The Hall–Kier alpha value is -1.36. The van der Waals surface area contributed by atoms with E-state index < -0.39 is 0 Å². The molecule has 0 aliphatic rings. The quantitative estimate of drug-likeness (QED) is 0.912. The highest BCUT2D eigenvalue weighted by Crippen LogP contribution is 2.30. The highest BCUT2D eigenvalue weighted by molar-refractivity contribution is 9.10. The fourth-order valence-corrected chi connectivity index (χ4v) is 2.13. The molecular formula is C14H14BrNO2. The van der Waals surface area contributed by atoms with Crippen molar-refractivity contribution in [3.05, 3.63) is 58.1 Å². The van der Waals surface area contributed by atoms with Gasteiger partial charge in [0.15, 0.2) is 0 Å². The summed E-state index contributed by atoms with van der Waals surface area (Å²) in [6.07, 6.45) is 0. The van der Waals surface area contributed by atoms with Crippen molar-refractivity contribution in [1.82, 2.24) is 0 Å². The van der Waals surface area contributed by atoms with Crippen molar-refractivity contribution in [2.45, 2.75) is 13.2 Å². The maximum Gasteiger partial charge on any atom is 0.133 e. The minimum Gasteiger partial charge on any atom is -0.457 e. The van der Waals surface area contributed by atoms with Gasteiger partial charge < -0.3 is 15.6 Å². The Kier molecular flexibility index (Phi) is 4.36. The van der Waals surface area contributed by atoms with Crippen LogP contribution in [-0.4, -0.2) is 5.11 Å². The molecular weight excluding hydrogens is 294 g/mol. The fraction of sp³-hybridized carbons (Fsp3) is 0.143. The van der Waals surface area contributed by atoms with E-state index >= 15 is 0 Å². The molecule has 94 valence electrons. The molecule has 0 spiro atoms. The largest absolute Gasteiger partial charge is 0.457 e. The molecule has 2 rings (SSSR count). The third-order valence-electron chi connectivity index (χ3n) is 2.61. The molecule has 0 saturated heterocycles. The van der Waals surface area contributed by atoms with E-state index in [4.69, 9.17) is 15.6 Å². The first-order chi connectivity index (χ1) is 8.74. The zero-order valence-corrected chi connectivity index (χ0v) is 11.4. The first-order valence-corrected chi connectivity index (χ1v) is 6.39. The van der Waals surface area contributed by atoms with E-state index in [1.54, 1.807) is 0 Å². The summed E-state index contributed by atoms with van der Waals surface area (Å²) in [7, 11) is 0. The molecule has 0 heterocycles. The van der Waals surface area contributed by atoms with Gasteiger partial charge in [0.1, 0.15) is 11.5 Å². The molecule has 0 aliphatic heterocycles. The van der Waals surface area contributed by atoms with Gasteiger partial charge in [-0.25, -0.2) is 0 Å². The van der Waals surface area contributed by atoms with Crippen LogP contribution in [0.4, 0.5) is 0 Å². The molecule has 0 atom stereocenters. The summed E-state index contributed by atoms with van der Waals surface area (Å²) in [5.41, 5.74) is 7.50. The molecule has 2 aromatic carbocycles. The van der Waals surface area contributed by atoms with Crippen molar-refractivity contribution < 1.29 is 9.84 Å². The second-order valence-corrected chi connectivity index (χ2v) is 4.68. The van der Waals surface area contributed by atoms with Gasteiger partial charge in [-0.1, -0.05) is 34.1 Å². The van der Waals surface area contributed by atoms with Gasteiger partial charge in [0.2, 0.25) is 0 Å². The van der Waals surface area contributed by atoms with Crippen LogP contribution in [0.15, 0.2) is 46.9 Å². The number of rotatable bonds is 4. The molecule has 3 nitrogen and oxygen atoms in total. The lowest BCUT2D eigenvalue weighted by Crippen LogP contribution is -2.00. The number of hydrogen-bond acceptors (Lipinski definition) is 3. The maximum atomic E-state index is 8.97. The van der Waals surface area contributed by atoms with Gasteiger partial charge in [-0.15, -0.1) is 0 Å². The predicted molar refractivity (Wildman–Crippen MR) is 74.5 cm³/mol. The van der Waals surface area contributed by atoms with E-state index in [0.29, 0.717) is 6.54 Å². The van der Waals surface area contributed by atoms with Gasteiger partial charge in [-0.05, 0) is 29.8 Å². The number of aliphatic hydroxyl groups is 1. The molecule has 0 unspecified atom stereocenters. The molecule has 18 heavy (non-hydrogen) atoms. The Bertz CT molecular complexity index is 526. The molecule has 0 aromatic heterocycles. The SMILES string of the molecule is NCc1c(Br)cccc1Oc1ccc(CO)cc1. The monoisotopic (exact) mass is 307 g/mol. The highest BCUT2D eigenvalue weighted by Gasteiger charge is 2.07. The van der Waals surface area contributed by atoms with Crippen molar-refractivity contribution >= 4 is 15.9 Å². The van der Waals surface area contributed by atoms with E-state index in [9.17, 15) is 0 Å². The number of aliphatic hydroxyl groups excluding tert-OH is 1. The van der Waals surface area contributed by atoms with E-state index in [0.717, 1.165) is 27.1 Å².